The highest BCUT2D eigenvalue weighted by Gasteiger charge is 2.18. The summed E-state index contributed by atoms with van der Waals surface area (Å²) in [6.45, 7) is 5.25. The second-order valence-electron chi connectivity index (χ2n) is 6.72. The zero-order chi connectivity index (χ0) is 20.2. The second kappa shape index (κ2) is 7.86. The van der Waals surface area contributed by atoms with Gasteiger partial charge in [0, 0.05) is 17.8 Å². The highest BCUT2D eigenvalue weighted by Crippen LogP contribution is 2.28. The van der Waals surface area contributed by atoms with Crippen LogP contribution in [0.1, 0.15) is 31.1 Å². The van der Waals surface area contributed by atoms with Crippen LogP contribution in [0.25, 0.3) is 11.1 Å². The van der Waals surface area contributed by atoms with Gasteiger partial charge in [0.05, 0.1) is 17.6 Å². The maximum absolute atomic E-state index is 11.9. The molecule has 0 aromatic heterocycles. The van der Waals surface area contributed by atoms with Crippen LogP contribution in [-0.2, 0) is 9.47 Å². The number of hydrogen-bond acceptors (Lipinski definition) is 6. The molecule has 8 nitrogen and oxygen atoms in total. The predicted octanol–water partition coefficient (Wildman–Crippen LogP) is 4.40. The van der Waals surface area contributed by atoms with Gasteiger partial charge in [-0.1, -0.05) is 12.1 Å². The van der Waals surface area contributed by atoms with Crippen LogP contribution >= 0.6 is 0 Å². The summed E-state index contributed by atoms with van der Waals surface area (Å²) in [7, 11) is 1.20. The molecular weight excluding hydrogens is 352 g/mol. The van der Waals surface area contributed by atoms with Gasteiger partial charge in [0.2, 0.25) is 0 Å². The van der Waals surface area contributed by atoms with Gasteiger partial charge in [0.1, 0.15) is 5.60 Å². The Bertz CT molecular complexity index is 886. The SMILES string of the molecule is COC(=O)c1cc(-c2cccc(NC(=O)OC(C)(C)C)c2)cc([N+](=O)[O-])c1. The molecule has 0 aliphatic rings. The highest BCUT2D eigenvalue weighted by molar-refractivity contribution is 5.92. The first kappa shape index (κ1) is 19.9. The molecule has 0 radical (unpaired) electrons. The normalized spacial score (nSPS) is 10.8. The molecule has 2 rings (SSSR count). The molecule has 0 saturated carbocycles. The van der Waals surface area contributed by atoms with Gasteiger partial charge in [-0.2, -0.15) is 0 Å². The highest BCUT2D eigenvalue weighted by atomic mass is 16.6. The number of hydrogen-bond donors (Lipinski definition) is 1. The number of methoxy groups -OCH3 is 1. The summed E-state index contributed by atoms with van der Waals surface area (Å²) in [6, 6.07) is 10.7. The van der Waals surface area contributed by atoms with Crippen LogP contribution in [0.4, 0.5) is 16.2 Å². The first-order valence-electron chi connectivity index (χ1n) is 8.07. The molecule has 0 atom stereocenters. The van der Waals surface area contributed by atoms with Crippen LogP contribution in [0.15, 0.2) is 42.5 Å². The number of carbonyl (C=O) groups excluding carboxylic acids is 2. The molecule has 142 valence electrons. The Morgan fingerprint density at radius 2 is 1.78 bits per heavy atom. The molecule has 0 bridgehead atoms. The molecule has 0 spiro atoms. The van der Waals surface area contributed by atoms with Crippen molar-refractivity contribution in [2.24, 2.45) is 0 Å². The fourth-order valence-electron chi connectivity index (χ4n) is 2.32. The summed E-state index contributed by atoms with van der Waals surface area (Å²) in [5.74, 6) is -0.678. The average Bonchev–Trinajstić information content (AvgIpc) is 2.59. The van der Waals surface area contributed by atoms with Crippen LogP contribution in [0.5, 0.6) is 0 Å². The zero-order valence-corrected chi connectivity index (χ0v) is 15.4. The summed E-state index contributed by atoms with van der Waals surface area (Å²) < 4.78 is 9.85. The maximum Gasteiger partial charge on any atom is 0.412 e. The lowest BCUT2D eigenvalue weighted by molar-refractivity contribution is -0.384. The molecule has 1 N–H and O–H groups in total. The van der Waals surface area contributed by atoms with Gasteiger partial charge >= 0.3 is 12.1 Å². The maximum atomic E-state index is 11.9. The molecule has 8 heteroatoms. The van der Waals surface area contributed by atoms with Crippen molar-refractivity contribution >= 4 is 23.4 Å². The molecule has 2 aromatic rings. The summed E-state index contributed by atoms with van der Waals surface area (Å²) in [6.07, 6.45) is -0.617. The smallest absolute Gasteiger partial charge is 0.412 e. The van der Waals surface area contributed by atoms with Gasteiger partial charge in [0.15, 0.2) is 0 Å². The first-order chi connectivity index (χ1) is 12.6. The third-order valence-electron chi connectivity index (χ3n) is 3.39. The number of non-ortho nitro benzene ring substituents is 1. The minimum absolute atomic E-state index is 0.0622. The quantitative estimate of drug-likeness (QED) is 0.484. The summed E-state index contributed by atoms with van der Waals surface area (Å²) in [5.41, 5.74) is 0.658. The Morgan fingerprint density at radius 1 is 1.07 bits per heavy atom. The second-order valence-corrected chi connectivity index (χ2v) is 6.72. The van der Waals surface area contributed by atoms with Gasteiger partial charge in [-0.25, -0.2) is 9.59 Å². The molecule has 0 aliphatic carbocycles. The fourth-order valence-corrected chi connectivity index (χ4v) is 2.32. The monoisotopic (exact) mass is 372 g/mol. The number of nitro benzene ring substituents is 1. The minimum atomic E-state index is -0.678. The zero-order valence-electron chi connectivity index (χ0n) is 15.4. The summed E-state index contributed by atoms with van der Waals surface area (Å²) in [5, 5.41) is 13.8. The van der Waals surface area contributed by atoms with Gasteiger partial charge in [0.25, 0.3) is 5.69 Å². The lowest BCUT2D eigenvalue weighted by atomic mass is 10.0. The number of carbonyl (C=O) groups is 2. The van der Waals surface area contributed by atoms with E-state index in [1.54, 1.807) is 45.0 Å². The summed E-state index contributed by atoms with van der Waals surface area (Å²) in [4.78, 5) is 34.3. The van der Waals surface area contributed by atoms with Crippen molar-refractivity contribution in [3.63, 3.8) is 0 Å². The van der Waals surface area contributed by atoms with Crippen LogP contribution in [0.3, 0.4) is 0 Å². The van der Waals surface area contributed by atoms with Gasteiger partial charge < -0.3 is 9.47 Å². The van der Waals surface area contributed by atoms with Crippen molar-refractivity contribution < 1.29 is 24.0 Å². The average molecular weight is 372 g/mol. The van der Waals surface area contributed by atoms with E-state index >= 15 is 0 Å². The minimum Gasteiger partial charge on any atom is -0.465 e. The van der Waals surface area contributed by atoms with Gasteiger partial charge in [-0.05, 0) is 50.1 Å². The molecule has 0 heterocycles. The Kier molecular flexibility index (Phi) is 5.79. The molecule has 1 amide bonds. The lowest BCUT2D eigenvalue weighted by Crippen LogP contribution is -2.27. The van der Waals surface area contributed by atoms with E-state index in [1.807, 2.05) is 0 Å². The Balaban J connectivity index is 2.38. The van der Waals surface area contributed by atoms with Crippen molar-refractivity contribution in [3.05, 3.63) is 58.1 Å². The number of rotatable bonds is 4. The van der Waals surface area contributed by atoms with Crippen LogP contribution in [-0.4, -0.2) is 29.7 Å². The number of amides is 1. The number of anilines is 1. The van der Waals surface area contributed by atoms with Gasteiger partial charge in [-0.15, -0.1) is 0 Å². The van der Waals surface area contributed by atoms with E-state index < -0.39 is 22.6 Å². The lowest BCUT2D eigenvalue weighted by Gasteiger charge is -2.19. The number of nitrogens with one attached hydrogen (secondary N) is 1. The Morgan fingerprint density at radius 3 is 2.37 bits per heavy atom. The third kappa shape index (κ3) is 5.53. The van der Waals surface area contributed by atoms with Crippen molar-refractivity contribution in [3.8, 4) is 11.1 Å². The third-order valence-corrected chi connectivity index (χ3v) is 3.39. The molecule has 0 saturated heterocycles. The predicted molar refractivity (Wildman–Crippen MR) is 99.7 cm³/mol. The van der Waals surface area contributed by atoms with Crippen molar-refractivity contribution in [2.75, 3.05) is 12.4 Å². The first-order valence-corrected chi connectivity index (χ1v) is 8.07. The Hall–Kier alpha value is -3.42. The molecule has 0 fully saturated rings. The number of esters is 1. The number of nitro groups is 1. The molecule has 0 unspecified atom stereocenters. The van der Waals surface area contributed by atoms with Crippen molar-refractivity contribution in [2.45, 2.75) is 26.4 Å². The van der Waals surface area contributed by atoms with E-state index in [0.29, 0.717) is 16.8 Å². The van der Waals surface area contributed by atoms with Crippen LogP contribution < -0.4 is 5.32 Å². The van der Waals surface area contributed by atoms with Gasteiger partial charge in [-0.3, -0.25) is 15.4 Å². The molecule has 2 aromatic carbocycles. The molecular formula is C19H20N2O6. The summed E-state index contributed by atoms with van der Waals surface area (Å²) >= 11 is 0. The van der Waals surface area contributed by atoms with Crippen molar-refractivity contribution in [1.82, 2.24) is 0 Å². The van der Waals surface area contributed by atoms with E-state index in [-0.39, 0.29) is 11.3 Å². The molecule has 0 aliphatic heterocycles. The number of ether oxygens (including phenoxy) is 2. The van der Waals surface area contributed by atoms with E-state index in [2.05, 4.69) is 10.1 Å². The molecule has 27 heavy (non-hydrogen) atoms. The fraction of sp³-hybridized carbons (Fsp3) is 0.263. The van der Waals surface area contributed by atoms with Crippen LogP contribution in [0.2, 0.25) is 0 Å². The van der Waals surface area contributed by atoms with E-state index in [1.165, 1.54) is 19.2 Å². The number of nitrogens with zero attached hydrogens (tertiary/aromatic N) is 1. The largest absolute Gasteiger partial charge is 0.465 e. The standard InChI is InChI=1S/C19H20N2O6/c1-19(2,3)27-18(23)20-15-7-5-6-12(9-15)13-8-14(17(22)26-4)11-16(10-13)21(24)25/h5-11H,1-4H3,(H,20,23). The van der Waals surface area contributed by atoms with E-state index in [9.17, 15) is 19.7 Å². The Labute approximate surface area is 156 Å². The topological polar surface area (TPSA) is 108 Å². The van der Waals surface area contributed by atoms with E-state index in [4.69, 9.17) is 4.74 Å². The number of benzene rings is 2. The van der Waals surface area contributed by atoms with Crippen LogP contribution in [0, 0.1) is 10.1 Å². The van der Waals surface area contributed by atoms with E-state index in [0.717, 1.165) is 6.07 Å². The van der Waals surface area contributed by atoms with Crippen molar-refractivity contribution in [1.29, 1.82) is 0 Å².